The molecule has 0 bridgehead atoms. The van der Waals surface area contributed by atoms with E-state index in [4.69, 9.17) is 5.73 Å². The Kier molecular flexibility index (Phi) is 2.69. The van der Waals surface area contributed by atoms with Crippen molar-refractivity contribution >= 4 is 27.5 Å². The minimum Gasteiger partial charge on any atom is -0.399 e. The average molecular weight is 269 g/mol. The van der Waals surface area contributed by atoms with Crippen LogP contribution in [0, 0.1) is 5.92 Å². The van der Waals surface area contributed by atoms with Gasteiger partial charge < -0.3 is 11.1 Å². The number of carbonyl (C=O) groups excluding carboxylic acids is 1. The minimum absolute atomic E-state index is 0.0441. The predicted molar refractivity (Wildman–Crippen MR) is 63.6 cm³/mol. The molecule has 1 fully saturated rings. The second-order valence-corrected chi connectivity index (χ2v) is 4.98. The normalized spacial score (nSPS) is 23.6. The van der Waals surface area contributed by atoms with E-state index < -0.39 is 0 Å². The Morgan fingerprint density at radius 3 is 2.73 bits per heavy atom. The number of anilines is 1. The van der Waals surface area contributed by atoms with Crippen molar-refractivity contribution in [2.45, 2.75) is 19.4 Å². The first kappa shape index (κ1) is 10.5. The number of hydrogen-bond acceptors (Lipinski definition) is 2. The Hall–Kier alpha value is -1.03. The summed E-state index contributed by atoms with van der Waals surface area (Å²) in [6.07, 6.45) is 1.08. The van der Waals surface area contributed by atoms with Crippen LogP contribution in [0.3, 0.4) is 0 Å². The molecule has 2 atom stereocenters. The van der Waals surface area contributed by atoms with E-state index in [1.54, 1.807) is 18.2 Å². The third-order valence-electron chi connectivity index (χ3n) is 2.61. The lowest BCUT2D eigenvalue weighted by atomic mass is 10.2. The molecule has 15 heavy (non-hydrogen) atoms. The fourth-order valence-electron chi connectivity index (χ4n) is 1.52. The van der Waals surface area contributed by atoms with Crippen LogP contribution in [0.25, 0.3) is 0 Å². The maximum atomic E-state index is 11.8. The number of amides is 1. The molecule has 0 aliphatic heterocycles. The molecule has 3 N–H and O–H groups in total. The number of benzene rings is 1. The number of nitrogen functional groups attached to an aromatic ring is 1. The molecule has 1 saturated carbocycles. The Morgan fingerprint density at radius 1 is 1.53 bits per heavy atom. The molecule has 0 spiro atoms. The highest BCUT2D eigenvalue weighted by molar-refractivity contribution is 9.10. The lowest BCUT2D eigenvalue weighted by Crippen LogP contribution is -2.26. The van der Waals surface area contributed by atoms with Crippen molar-refractivity contribution in [3.8, 4) is 0 Å². The Morgan fingerprint density at radius 2 is 2.20 bits per heavy atom. The number of carbonyl (C=O) groups is 1. The van der Waals surface area contributed by atoms with Gasteiger partial charge in [-0.3, -0.25) is 4.79 Å². The molecule has 1 aliphatic carbocycles. The smallest absolute Gasteiger partial charge is 0.251 e. The zero-order valence-corrected chi connectivity index (χ0v) is 10.0. The second kappa shape index (κ2) is 3.85. The molecule has 1 aromatic carbocycles. The van der Waals surface area contributed by atoms with Crippen molar-refractivity contribution in [1.82, 2.24) is 5.32 Å². The van der Waals surface area contributed by atoms with Gasteiger partial charge in [0, 0.05) is 21.8 Å². The molecule has 2 rings (SSSR count). The number of hydrogen-bond donors (Lipinski definition) is 2. The van der Waals surface area contributed by atoms with Crippen molar-refractivity contribution in [2.24, 2.45) is 5.92 Å². The van der Waals surface area contributed by atoms with Gasteiger partial charge in [-0.15, -0.1) is 0 Å². The van der Waals surface area contributed by atoms with E-state index in [9.17, 15) is 4.79 Å². The number of nitrogens with two attached hydrogens (primary N) is 1. The van der Waals surface area contributed by atoms with Gasteiger partial charge in [0.25, 0.3) is 5.91 Å². The monoisotopic (exact) mass is 268 g/mol. The second-order valence-electron chi connectivity index (χ2n) is 4.07. The summed E-state index contributed by atoms with van der Waals surface area (Å²) in [5.41, 5.74) is 6.87. The lowest BCUT2D eigenvalue weighted by Gasteiger charge is -2.05. The van der Waals surface area contributed by atoms with Crippen molar-refractivity contribution in [1.29, 1.82) is 0 Å². The quantitative estimate of drug-likeness (QED) is 0.808. The highest BCUT2D eigenvalue weighted by Crippen LogP contribution is 2.29. The summed E-state index contributed by atoms with van der Waals surface area (Å²) in [6.45, 7) is 2.13. The number of nitrogens with one attached hydrogen (secondary N) is 1. The van der Waals surface area contributed by atoms with E-state index in [1.165, 1.54) is 0 Å². The minimum atomic E-state index is -0.0441. The zero-order chi connectivity index (χ0) is 11.0. The molecular weight excluding hydrogens is 256 g/mol. The molecule has 0 heterocycles. The number of halogens is 1. The Labute approximate surface area is 97.2 Å². The van der Waals surface area contributed by atoms with Crippen LogP contribution in [-0.2, 0) is 0 Å². The van der Waals surface area contributed by atoms with Crippen molar-refractivity contribution in [3.05, 3.63) is 28.2 Å². The van der Waals surface area contributed by atoms with Crippen LogP contribution >= 0.6 is 15.9 Å². The van der Waals surface area contributed by atoms with Crippen LogP contribution in [-0.4, -0.2) is 11.9 Å². The van der Waals surface area contributed by atoms with E-state index in [2.05, 4.69) is 28.2 Å². The van der Waals surface area contributed by atoms with Crippen molar-refractivity contribution in [3.63, 3.8) is 0 Å². The summed E-state index contributed by atoms with van der Waals surface area (Å²) in [6, 6.07) is 5.58. The van der Waals surface area contributed by atoms with Gasteiger partial charge in [-0.2, -0.15) is 0 Å². The maximum Gasteiger partial charge on any atom is 0.251 e. The summed E-state index contributed by atoms with van der Waals surface area (Å²) in [7, 11) is 0. The van der Waals surface area contributed by atoms with Gasteiger partial charge in [-0.05, 0) is 30.5 Å². The summed E-state index contributed by atoms with van der Waals surface area (Å²) in [4.78, 5) is 11.8. The molecule has 2 unspecified atom stereocenters. The standard InChI is InChI=1S/C11H13BrN2O/c1-6-2-10(6)14-11(15)7-3-8(12)5-9(13)4-7/h3-6,10H,2,13H2,1H3,(H,14,15). The van der Waals surface area contributed by atoms with E-state index >= 15 is 0 Å². The van der Waals surface area contributed by atoms with Gasteiger partial charge in [-0.1, -0.05) is 22.9 Å². The first-order chi connectivity index (χ1) is 7.06. The molecule has 1 aliphatic rings. The Balaban J connectivity index is 2.11. The van der Waals surface area contributed by atoms with Gasteiger partial charge in [-0.25, -0.2) is 0 Å². The van der Waals surface area contributed by atoms with E-state index in [-0.39, 0.29) is 5.91 Å². The van der Waals surface area contributed by atoms with Crippen molar-refractivity contribution < 1.29 is 4.79 Å². The molecule has 1 amide bonds. The van der Waals surface area contributed by atoms with Crippen LogP contribution in [0.5, 0.6) is 0 Å². The highest BCUT2D eigenvalue weighted by atomic mass is 79.9. The molecule has 4 heteroatoms. The summed E-state index contributed by atoms with van der Waals surface area (Å²) in [5.74, 6) is 0.566. The van der Waals surface area contributed by atoms with Crippen LogP contribution in [0.4, 0.5) is 5.69 Å². The van der Waals surface area contributed by atoms with Crippen molar-refractivity contribution in [2.75, 3.05) is 5.73 Å². The van der Waals surface area contributed by atoms with Crippen LogP contribution in [0.15, 0.2) is 22.7 Å². The van der Waals surface area contributed by atoms with Crippen LogP contribution in [0.1, 0.15) is 23.7 Å². The summed E-state index contributed by atoms with van der Waals surface area (Å²) >= 11 is 3.31. The molecule has 0 aromatic heterocycles. The van der Waals surface area contributed by atoms with Gasteiger partial charge in [0.1, 0.15) is 0 Å². The van der Waals surface area contributed by atoms with Gasteiger partial charge in [0.05, 0.1) is 0 Å². The number of rotatable bonds is 2. The largest absolute Gasteiger partial charge is 0.399 e. The summed E-state index contributed by atoms with van der Waals surface area (Å²) in [5, 5.41) is 2.96. The summed E-state index contributed by atoms with van der Waals surface area (Å²) < 4.78 is 0.830. The topological polar surface area (TPSA) is 55.1 Å². The highest BCUT2D eigenvalue weighted by Gasteiger charge is 2.33. The lowest BCUT2D eigenvalue weighted by molar-refractivity contribution is 0.0949. The molecule has 3 nitrogen and oxygen atoms in total. The SMILES string of the molecule is CC1CC1NC(=O)c1cc(N)cc(Br)c1. The molecule has 0 radical (unpaired) electrons. The van der Waals surface area contributed by atoms with Gasteiger partial charge in [0.2, 0.25) is 0 Å². The fourth-order valence-corrected chi connectivity index (χ4v) is 2.03. The molecule has 0 saturated heterocycles. The molecule has 1 aromatic rings. The maximum absolute atomic E-state index is 11.8. The fraction of sp³-hybridized carbons (Fsp3) is 0.364. The Bertz CT molecular complexity index is 385. The van der Waals surface area contributed by atoms with Crippen LogP contribution < -0.4 is 11.1 Å². The molecule has 80 valence electrons. The van der Waals surface area contributed by atoms with Crippen LogP contribution in [0.2, 0.25) is 0 Å². The third kappa shape index (κ3) is 2.50. The first-order valence-corrected chi connectivity index (χ1v) is 5.72. The average Bonchev–Trinajstić information content (AvgIpc) is 2.79. The van der Waals surface area contributed by atoms with E-state index in [0.717, 1.165) is 10.9 Å². The van der Waals surface area contributed by atoms with E-state index in [1.807, 2.05) is 0 Å². The zero-order valence-electron chi connectivity index (χ0n) is 8.46. The van der Waals surface area contributed by atoms with E-state index in [0.29, 0.717) is 23.2 Å². The van der Waals surface area contributed by atoms with Gasteiger partial charge >= 0.3 is 0 Å². The predicted octanol–water partition coefficient (Wildman–Crippen LogP) is 2.17. The molecular formula is C11H13BrN2O. The third-order valence-corrected chi connectivity index (χ3v) is 3.07. The first-order valence-electron chi connectivity index (χ1n) is 4.93. The van der Waals surface area contributed by atoms with Gasteiger partial charge in [0.15, 0.2) is 0 Å².